The van der Waals surface area contributed by atoms with Gasteiger partial charge in [-0.1, -0.05) is 12.1 Å². The first kappa shape index (κ1) is 19.1. The fourth-order valence-corrected chi connectivity index (χ4v) is 4.81. The summed E-state index contributed by atoms with van der Waals surface area (Å²) in [7, 11) is 5.22. The van der Waals surface area contributed by atoms with Crippen LogP contribution in [0.2, 0.25) is 0 Å². The molecule has 3 amide bonds. The summed E-state index contributed by atoms with van der Waals surface area (Å²) in [6.07, 6.45) is 0. The van der Waals surface area contributed by atoms with Crippen molar-refractivity contribution in [1.29, 1.82) is 0 Å². The molecule has 4 rings (SSSR count). The van der Waals surface area contributed by atoms with E-state index in [-0.39, 0.29) is 29.3 Å². The number of urea groups is 1. The van der Waals surface area contributed by atoms with Gasteiger partial charge in [0.15, 0.2) is 0 Å². The van der Waals surface area contributed by atoms with Gasteiger partial charge in [0.05, 0.1) is 31.8 Å². The number of nitrogens with zero attached hydrogens (tertiary/aromatic N) is 3. The second-order valence-electron chi connectivity index (χ2n) is 8.73. The Morgan fingerprint density at radius 3 is 2.36 bits per heavy atom. The summed E-state index contributed by atoms with van der Waals surface area (Å²) < 4.78 is 10.6. The summed E-state index contributed by atoms with van der Waals surface area (Å²) in [5.41, 5.74) is 0.712. The maximum absolute atomic E-state index is 13.0. The van der Waals surface area contributed by atoms with E-state index in [4.69, 9.17) is 9.47 Å². The van der Waals surface area contributed by atoms with Crippen molar-refractivity contribution in [2.24, 2.45) is 17.3 Å². The van der Waals surface area contributed by atoms with Gasteiger partial charge in [0, 0.05) is 45.6 Å². The van der Waals surface area contributed by atoms with E-state index in [2.05, 4.69) is 0 Å². The van der Waals surface area contributed by atoms with E-state index < -0.39 is 0 Å². The molecule has 0 bridgehead atoms. The Hall–Kier alpha value is -2.28. The van der Waals surface area contributed by atoms with Crippen molar-refractivity contribution in [2.45, 2.75) is 13.0 Å². The highest BCUT2D eigenvalue weighted by molar-refractivity contribution is 5.84. The molecule has 0 N–H and O–H groups in total. The normalized spacial score (nSPS) is 27.9. The monoisotopic (exact) mass is 387 g/mol. The molecule has 152 valence electrons. The van der Waals surface area contributed by atoms with Crippen LogP contribution in [-0.2, 0) is 9.53 Å². The maximum Gasteiger partial charge on any atom is 0.320 e. The number of fused-ring (bicyclic) bond motifs is 1. The average Bonchev–Trinajstić information content (AvgIpc) is 3.22. The van der Waals surface area contributed by atoms with Gasteiger partial charge in [-0.15, -0.1) is 0 Å². The number of benzene rings is 1. The summed E-state index contributed by atoms with van der Waals surface area (Å²) in [4.78, 5) is 31.4. The van der Waals surface area contributed by atoms with Crippen molar-refractivity contribution in [3.63, 3.8) is 0 Å². The lowest BCUT2D eigenvalue weighted by molar-refractivity contribution is -0.168. The minimum atomic E-state index is -0.382. The third kappa shape index (κ3) is 3.02. The number of hydrogen-bond acceptors (Lipinski definition) is 4. The van der Waals surface area contributed by atoms with Gasteiger partial charge < -0.3 is 24.2 Å². The highest BCUT2D eigenvalue weighted by atomic mass is 16.5. The van der Waals surface area contributed by atoms with Crippen LogP contribution in [0.25, 0.3) is 0 Å². The van der Waals surface area contributed by atoms with Gasteiger partial charge in [0.1, 0.15) is 5.75 Å². The first-order chi connectivity index (χ1) is 13.3. The Morgan fingerprint density at radius 1 is 1.14 bits per heavy atom. The van der Waals surface area contributed by atoms with Crippen LogP contribution in [0.15, 0.2) is 24.3 Å². The van der Waals surface area contributed by atoms with Crippen LogP contribution in [0.4, 0.5) is 4.79 Å². The Kier molecular flexibility index (Phi) is 4.73. The van der Waals surface area contributed by atoms with E-state index in [1.54, 1.807) is 26.1 Å². The molecule has 3 atom stereocenters. The third-order valence-corrected chi connectivity index (χ3v) is 6.39. The maximum atomic E-state index is 13.0. The first-order valence-electron chi connectivity index (χ1n) is 9.83. The van der Waals surface area contributed by atoms with Crippen LogP contribution in [0.3, 0.4) is 0 Å². The Balaban J connectivity index is 1.59. The van der Waals surface area contributed by atoms with Gasteiger partial charge in [-0.2, -0.15) is 0 Å². The lowest BCUT2D eigenvalue weighted by Crippen LogP contribution is -2.53. The first-order valence-corrected chi connectivity index (χ1v) is 9.83. The molecule has 1 aromatic rings. The van der Waals surface area contributed by atoms with Crippen molar-refractivity contribution >= 4 is 11.9 Å². The van der Waals surface area contributed by atoms with E-state index in [1.165, 1.54) is 0 Å². The van der Waals surface area contributed by atoms with Crippen molar-refractivity contribution in [3.05, 3.63) is 29.8 Å². The topological polar surface area (TPSA) is 62.3 Å². The van der Waals surface area contributed by atoms with Crippen molar-refractivity contribution < 1.29 is 19.1 Å². The summed E-state index contributed by atoms with van der Waals surface area (Å²) in [5, 5.41) is 0. The summed E-state index contributed by atoms with van der Waals surface area (Å²) >= 11 is 0. The van der Waals surface area contributed by atoms with Crippen LogP contribution in [0.5, 0.6) is 5.75 Å². The van der Waals surface area contributed by atoms with E-state index in [9.17, 15) is 9.59 Å². The molecule has 3 heterocycles. The number of rotatable bonds is 3. The van der Waals surface area contributed by atoms with Crippen molar-refractivity contribution in [3.8, 4) is 5.75 Å². The predicted molar refractivity (Wildman–Crippen MR) is 104 cm³/mol. The molecule has 0 aliphatic carbocycles. The van der Waals surface area contributed by atoms with Crippen LogP contribution in [0.1, 0.15) is 18.5 Å². The second-order valence-corrected chi connectivity index (χ2v) is 8.73. The van der Waals surface area contributed by atoms with Crippen LogP contribution >= 0.6 is 0 Å². The number of ether oxygens (including phenoxy) is 2. The minimum absolute atomic E-state index is 0.0208. The molecule has 7 heteroatoms. The molecule has 7 nitrogen and oxygen atoms in total. The van der Waals surface area contributed by atoms with E-state index >= 15 is 0 Å². The number of likely N-dealkylation sites (tertiary alicyclic amines) is 2. The lowest BCUT2D eigenvalue weighted by atomic mass is 9.87. The fraction of sp³-hybridized carbons (Fsp3) is 0.619. The van der Waals surface area contributed by atoms with Crippen molar-refractivity contribution in [2.75, 3.05) is 54.1 Å². The molecule has 0 radical (unpaired) electrons. The van der Waals surface area contributed by atoms with Crippen LogP contribution in [-0.4, -0.2) is 80.7 Å². The number of carbonyl (C=O) groups excluding carboxylic acids is 2. The standard InChI is InChI=1S/C21H29N3O4/c1-21(12-28-13-21)19(25)23-9-15-10-24(20(26)22(2)3)18(17(15)11-23)14-5-7-16(27-4)8-6-14/h5-8,15,17-18H,9-13H2,1-4H3/t15-,17-,18+/m1/s1. The summed E-state index contributed by atoms with van der Waals surface area (Å²) in [5.74, 6) is 1.52. The molecule has 3 aliphatic heterocycles. The molecular weight excluding hydrogens is 358 g/mol. The minimum Gasteiger partial charge on any atom is -0.497 e. The molecule has 0 spiro atoms. The number of amides is 3. The SMILES string of the molecule is COc1ccc([C@H]2[C@@H]3CN(C(=O)C4(C)COC4)C[C@@H]3CN2C(=O)N(C)C)cc1. The molecule has 3 fully saturated rings. The van der Waals surface area contributed by atoms with Gasteiger partial charge in [-0.3, -0.25) is 4.79 Å². The molecule has 3 aliphatic rings. The molecular formula is C21H29N3O4. The van der Waals surface area contributed by atoms with E-state index in [1.807, 2.05) is 41.0 Å². The zero-order valence-electron chi connectivity index (χ0n) is 17.1. The summed E-state index contributed by atoms with van der Waals surface area (Å²) in [6.45, 7) is 5.07. The fourth-order valence-electron chi connectivity index (χ4n) is 4.81. The van der Waals surface area contributed by atoms with Gasteiger partial charge in [0.2, 0.25) is 5.91 Å². The van der Waals surface area contributed by atoms with Crippen molar-refractivity contribution in [1.82, 2.24) is 14.7 Å². The zero-order valence-corrected chi connectivity index (χ0v) is 17.1. The van der Waals surface area contributed by atoms with Gasteiger partial charge >= 0.3 is 6.03 Å². The highest BCUT2D eigenvalue weighted by Gasteiger charge is 2.53. The van der Waals surface area contributed by atoms with Crippen LogP contribution < -0.4 is 4.74 Å². The zero-order chi connectivity index (χ0) is 20.1. The highest BCUT2D eigenvalue weighted by Crippen LogP contribution is 2.46. The molecule has 0 unspecified atom stereocenters. The van der Waals surface area contributed by atoms with Gasteiger partial charge in [-0.25, -0.2) is 4.79 Å². The molecule has 0 saturated carbocycles. The number of methoxy groups -OCH3 is 1. The summed E-state index contributed by atoms with van der Waals surface area (Å²) in [6, 6.07) is 7.93. The van der Waals surface area contributed by atoms with Gasteiger partial charge in [-0.05, 0) is 24.6 Å². The molecule has 1 aromatic carbocycles. The molecule has 28 heavy (non-hydrogen) atoms. The van der Waals surface area contributed by atoms with E-state index in [0.29, 0.717) is 38.8 Å². The molecule has 3 saturated heterocycles. The smallest absolute Gasteiger partial charge is 0.320 e. The molecule has 0 aromatic heterocycles. The number of carbonyl (C=O) groups is 2. The lowest BCUT2D eigenvalue weighted by Gasteiger charge is -2.40. The quantitative estimate of drug-likeness (QED) is 0.794. The van der Waals surface area contributed by atoms with Crippen LogP contribution in [0, 0.1) is 17.3 Å². The second kappa shape index (κ2) is 6.95. The average molecular weight is 387 g/mol. The Morgan fingerprint density at radius 2 is 1.82 bits per heavy atom. The van der Waals surface area contributed by atoms with E-state index in [0.717, 1.165) is 11.3 Å². The Labute approximate surface area is 166 Å². The third-order valence-electron chi connectivity index (χ3n) is 6.39. The van der Waals surface area contributed by atoms with Gasteiger partial charge in [0.25, 0.3) is 0 Å². The Bertz CT molecular complexity index is 759. The largest absolute Gasteiger partial charge is 0.497 e. The number of hydrogen-bond donors (Lipinski definition) is 0. The predicted octanol–water partition coefficient (Wildman–Crippen LogP) is 1.84.